The average molecular weight is 245 g/mol. The zero-order valence-corrected chi connectivity index (χ0v) is 8.50. The number of carbonyl (C=O) groups is 1. The second kappa shape index (κ2) is 4.01. The van der Waals surface area contributed by atoms with Gasteiger partial charge in [0.15, 0.2) is 0 Å². The molecule has 2 rings (SSSR count). The second-order valence-corrected chi connectivity index (χ2v) is 3.80. The molecule has 2 heterocycles. The first-order valence-corrected chi connectivity index (χ1v) is 5.04. The predicted molar refractivity (Wildman–Crippen MR) is 51.7 cm³/mol. The largest absolute Gasteiger partial charge is 0.477 e. The number of hydrogen-bond donors (Lipinski definition) is 1. The molecule has 0 saturated heterocycles. The molecule has 0 unspecified atom stereocenters. The van der Waals surface area contributed by atoms with Crippen LogP contribution in [0.15, 0.2) is 22.0 Å². The molecule has 0 bridgehead atoms. The van der Waals surface area contributed by atoms with Crippen molar-refractivity contribution in [3.8, 4) is 10.6 Å². The molecule has 84 valence electrons. The van der Waals surface area contributed by atoms with Gasteiger partial charge in [-0.25, -0.2) is 13.6 Å². The Morgan fingerprint density at radius 1 is 1.56 bits per heavy atom. The van der Waals surface area contributed by atoms with Crippen molar-refractivity contribution in [2.75, 3.05) is 0 Å². The first-order chi connectivity index (χ1) is 7.61. The minimum absolute atomic E-state index is 0.0576. The number of rotatable bonds is 3. The lowest BCUT2D eigenvalue weighted by atomic mass is 10.1. The standard InChI is InChI=1S/C9H5F2NO3S/c10-8(11)7-5(9(13)14)6(12-15-7)4-2-1-3-16-4/h1-3,8H,(H,13,14). The van der Waals surface area contributed by atoms with Gasteiger partial charge in [-0.15, -0.1) is 11.3 Å². The summed E-state index contributed by atoms with van der Waals surface area (Å²) in [6, 6.07) is 3.26. The number of carboxylic acid groups (broad SMARTS) is 1. The van der Waals surface area contributed by atoms with Crippen LogP contribution in [0.2, 0.25) is 0 Å². The van der Waals surface area contributed by atoms with Crippen molar-refractivity contribution in [2.24, 2.45) is 0 Å². The van der Waals surface area contributed by atoms with Crippen molar-refractivity contribution in [1.82, 2.24) is 5.16 Å². The van der Waals surface area contributed by atoms with Crippen molar-refractivity contribution in [1.29, 1.82) is 0 Å². The van der Waals surface area contributed by atoms with E-state index in [0.29, 0.717) is 4.88 Å². The molecular formula is C9H5F2NO3S. The number of thiophene rings is 1. The van der Waals surface area contributed by atoms with Crippen LogP contribution in [0.25, 0.3) is 10.6 Å². The Morgan fingerprint density at radius 2 is 2.31 bits per heavy atom. The molecule has 0 saturated carbocycles. The van der Waals surface area contributed by atoms with Gasteiger partial charge in [-0.1, -0.05) is 11.2 Å². The summed E-state index contributed by atoms with van der Waals surface area (Å²) in [7, 11) is 0. The minimum atomic E-state index is -2.99. The Bertz CT molecular complexity index is 507. The first kappa shape index (κ1) is 10.7. The van der Waals surface area contributed by atoms with E-state index in [0.717, 1.165) is 0 Å². The number of aromatic carboxylic acids is 1. The van der Waals surface area contributed by atoms with Crippen LogP contribution in [0.3, 0.4) is 0 Å². The van der Waals surface area contributed by atoms with Crippen molar-refractivity contribution >= 4 is 17.3 Å². The third kappa shape index (κ3) is 1.69. The second-order valence-electron chi connectivity index (χ2n) is 2.85. The van der Waals surface area contributed by atoms with E-state index in [9.17, 15) is 13.6 Å². The lowest BCUT2D eigenvalue weighted by Gasteiger charge is -1.95. The summed E-state index contributed by atoms with van der Waals surface area (Å²) in [5.41, 5.74) is -0.629. The zero-order chi connectivity index (χ0) is 11.7. The van der Waals surface area contributed by atoms with Gasteiger partial charge in [0.1, 0.15) is 11.3 Å². The van der Waals surface area contributed by atoms with Crippen LogP contribution in [0.1, 0.15) is 22.5 Å². The zero-order valence-electron chi connectivity index (χ0n) is 7.68. The molecule has 0 radical (unpaired) electrons. The summed E-state index contributed by atoms with van der Waals surface area (Å²) in [4.78, 5) is 11.4. The van der Waals surface area contributed by atoms with Gasteiger partial charge in [-0.3, -0.25) is 0 Å². The normalized spacial score (nSPS) is 10.9. The van der Waals surface area contributed by atoms with E-state index >= 15 is 0 Å². The van der Waals surface area contributed by atoms with E-state index in [1.807, 2.05) is 0 Å². The van der Waals surface area contributed by atoms with Gasteiger partial charge in [-0.2, -0.15) is 0 Å². The van der Waals surface area contributed by atoms with Crippen LogP contribution in [0.4, 0.5) is 8.78 Å². The van der Waals surface area contributed by atoms with E-state index in [1.165, 1.54) is 11.3 Å². The van der Waals surface area contributed by atoms with E-state index in [-0.39, 0.29) is 5.69 Å². The number of hydrogen-bond acceptors (Lipinski definition) is 4. The Kier molecular flexibility index (Phi) is 2.69. The van der Waals surface area contributed by atoms with Crippen LogP contribution in [-0.4, -0.2) is 16.2 Å². The van der Waals surface area contributed by atoms with E-state index in [2.05, 4.69) is 9.68 Å². The van der Waals surface area contributed by atoms with Gasteiger partial charge < -0.3 is 9.63 Å². The fourth-order valence-electron chi connectivity index (χ4n) is 1.24. The molecule has 4 nitrogen and oxygen atoms in total. The van der Waals surface area contributed by atoms with E-state index in [1.54, 1.807) is 17.5 Å². The monoisotopic (exact) mass is 245 g/mol. The smallest absolute Gasteiger partial charge is 0.341 e. The van der Waals surface area contributed by atoms with E-state index in [4.69, 9.17) is 5.11 Å². The summed E-state index contributed by atoms with van der Waals surface area (Å²) in [6.45, 7) is 0. The molecular weight excluding hydrogens is 240 g/mol. The van der Waals surface area contributed by atoms with Gasteiger partial charge in [0.2, 0.25) is 5.76 Å². The molecule has 1 N–H and O–H groups in total. The summed E-state index contributed by atoms with van der Waals surface area (Å²) >= 11 is 1.20. The maximum Gasteiger partial charge on any atom is 0.341 e. The number of aromatic nitrogens is 1. The molecule has 0 aliphatic rings. The molecule has 0 spiro atoms. The molecule has 2 aromatic heterocycles. The highest BCUT2D eigenvalue weighted by molar-refractivity contribution is 7.13. The average Bonchev–Trinajstić information content (AvgIpc) is 2.85. The van der Waals surface area contributed by atoms with Gasteiger partial charge in [0.25, 0.3) is 6.43 Å². The predicted octanol–water partition coefficient (Wildman–Crippen LogP) is 3.04. The van der Waals surface area contributed by atoms with Gasteiger partial charge >= 0.3 is 5.97 Å². The van der Waals surface area contributed by atoms with Gasteiger partial charge in [0.05, 0.1) is 4.88 Å². The molecule has 16 heavy (non-hydrogen) atoms. The van der Waals surface area contributed by atoms with Crippen LogP contribution >= 0.6 is 11.3 Å². The molecule has 0 aliphatic heterocycles. The summed E-state index contributed by atoms with van der Waals surface area (Å²) in [6.07, 6.45) is -2.99. The molecule has 0 fully saturated rings. The highest BCUT2D eigenvalue weighted by Crippen LogP contribution is 2.33. The van der Waals surface area contributed by atoms with Crippen molar-refractivity contribution in [2.45, 2.75) is 6.43 Å². The lowest BCUT2D eigenvalue weighted by molar-refractivity contribution is 0.0670. The fourth-order valence-corrected chi connectivity index (χ4v) is 1.95. The molecule has 7 heteroatoms. The third-order valence-corrected chi connectivity index (χ3v) is 2.76. The number of halogens is 2. The summed E-state index contributed by atoms with van der Waals surface area (Å²) in [5.74, 6) is -2.38. The van der Waals surface area contributed by atoms with Crippen molar-refractivity contribution < 1.29 is 23.2 Å². The first-order valence-electron chi connectivity index (χ1n) is 4.16. The Hall–Kier alpha value is -1.76. The number of alkyl halides is 2. The molecule has 0 aromatic carbocycles. The molecule has 0 amide bonds. The number of nitrogens with zero attached hydrogens (tertiary/aromatic N) is 1. The van der Waals surface area contributed by atoms with Crippen LogP contribution in [0.5, 0.6) is 0 Å². The topological polar surface area (TPSA) is 63.3 Å². The number of carboxylic acids is 1. The van der Waals surface area contributed by atoms with Crippen molar-refractivity contribution in [3.05, 3.63) is 28.8 Å². The van der Waals surface area contributed by atoms with Crippen molar-refractivity contribution in [3.63, 3.8) is 0 Å². The summed E-state index contributed by atoms with van der Waals surface area (Å²) < 4.78 is 29.3. The van der Waals surface area contributed by atoms with Crippen LogP contribution in [-0.2, 0) is 0 Å². The Morgan fingerprint density at radius 3 is 2.81 bits per heavy atom. The maximum absolute atomic E-state index is 12.4. The minimum Gasteiger partial charge on any atom is -0.477 e. The lowest BCUT2D eigenvalue weighted by Crippen LogP contribution is -2.01. The third-order valence-electron chi connectivity index (χ3n) is 1.89. The fraction of sp³-hybridized carbons (Fsp3) is 0.111. The van der Waals surface area contributed by atoms with Crippen LogP contribution < -0.4 is 0 Å². The molecule has 0 atom stereocenters. The van der Waals surface area contributed by atoms with E-state index < -0.39 is 23.7 Å². The van der Waals surface area contributed by atoms with Gasteiger partial charge in [-0.05, 0) is 11.4 Å². The van der Waals surface area contributed by atoms with Gasteiger partial charge in [0, 0.05) is 0 Å². The Labute approximate surface area is 92.1 Å². The Balaban J connectivity index is 2.59. The maximum atomic E-state index is 12.4. The molecule has 2 aromatic rings. The van der Waals surface area contributed by atoms with Crippen LogP contribution in [0, 0.1) is 0 Å². The SMILES string of the molecule is O=C(O)c1c(-c2cccs2)noc1C(F)F. The quantitative estimate of drug-likeness (QED) is 0.902. The highest BCUT2D eigenvalue weighted by atomic mass is 32.1. The molecule has 0 aliphatic carbocycles. The highest BCUT2D eigenvalue weighted by Gasteiger charge is 2.29. The summed E-state index contributed by atoms with van der Waals surface area (Å²) in [5, 5.41) is 13.9.